The van der Waals surface area contributed by atoms with Crippen molar-refractivity contribution in [3.63, 3.8) is 0 Å². The van der Waals surface area contributed by atoms with Crippen LogP contribution < -0.4 is 0 Å². The molecule has 2 nitrogen and oxygen atoms in total. The molecule has 0 amide bonds. The Bertz CT molecular complexity index is 2550. The van der Waals surface area contributed by atoms with Gasteiger partial charge in [0.05, 0.1) is 22.1 Å². The second-order valence-corrected chi connectivity index (χ2v) is 22.7. The Morgan fingerprint density at radius 3 is 1.18 bits per heavy atom. The number of fused-ring (bicyclic) bond motifs is 5. The predicted molar refractivity (Wildman–Crippen MR) is 291 cm³/mol. The van der Waals surface area contributed by atoms with Gasteiger partial charge in [0.2, 0.25) is 0 Å². The molecule has 0 unspecified atom stereocenters. The van der Waals surface area contributed by atoms with Crippen LogP contribution in [0.25, 0.3) is 73.2 Å². The molecular weight excluding hydrogens is 891 g/mol. The summed E-state index contributed by atoms with van der Waals surface area (Å²) in [6.45, 7) is 10.7. The molecule has 0 radical (unpaired) electrons. The van der Waals surface area contributed by atoms with E-state index in [2.05, 4.69) is 96.1 Å². The average molecular weight is 963 g/mol. The van der Waals surface area contributed by atoms with E-state index in [-0.39, 0.29) is 11.6 Å². The molecule has 0 fully saturated rings. The van der Waals surface area contributed by atoms with E-state index in [1.165, 1.54) is 121 Å². The van der Waals surface area contributed by atoms with Crippen LogP contribution in [0.3, 0.4) is 0 Å². The van der Waals surface area contributed by atoms with E-state index in [1.54, 1.807) is 45.3 Å². The highest BCUT2D eigenvalue weighted by molar-refractivity contribution is 7.24. The Hall–Kier alpha value is -3.56. The first kappa shape index (κ1) is 48.9. The number of thiophene rings is 4. The van der Waals surface area contributed by atoms with Gasteiger partial charge in [-0.2, -0.15) is 0 Å². The van der Waals surface area contributed by atoms with E-state index in [9.17, 15) is 0 Å². The minimum atomic E-state index is -0.174. The van der Waals surface area contributed by atoms with Crippen molar-refractivity contribution in [2.24, 2.45) is 0 Å². The molecule has 6 heterocycles. The van der Waals surface area contributed by atoms with Crippen molar-refractivity contribution in [1.82, 2.24) is 9.13 Å². The summed E-state index contributed by atoms with van der Waals surface area (Å²) >= 11 is 7.03. The molecule has 352 valence electrons. The lowest BCUT2D eigenvalue weighted by Gasteiger charge is -2.12. The van der Waals surface area contributed by atoms with E-state index >= 15 is 8.78 Å². The lowest BCUT2D eigenvalue weighted by atomic mass is 10.0. The third-order valence-corrected chi connectivity index (χ3v) is 18.3. The lowest BCUT2D eigenvalue weighted by molar-refractivity contribution is 0.569. The molecule has 2 aromatic carbocycles. The Balaban J connectivity index is 1.28. The average Bonchev–Trinajstić information content (AvgIpc) is 4.19. The molecule has 8 heteroatoms. The fourth-order valence-corrected chi connectivity index (χ4v) is 14.4. The smallest absolute Gasteiger partial charge is 0.132 e. The van der Waals surface area contributed by atoms with E-state index in [1.807, 2.05) is 12.1 Å². The van der Waals surface area contributed by atoms with Crippen LogP contribution in [-0.2, 0) is 25.9 Å². The van der Waals surface area contributed by atoms with Crippen molar-refractivity contribution in [3.05, 3.63) is 94.2 Å². The summed E-state index contributed by atoms with van der Waals surface area (Å²) in [5.74, 6) is -0.348. The Labute approximate surface area is 410 Å². The number of aryl methyl sites for hydroxylation is 4. The van der Waals surface area contributed by atoms with E-state index in [4.69, 9.17) is 0 Å². The molecule has 8 aromatic rings. The highest BCUT2D eigenvalue weighted by Crippen LogP contribution is 2.47. The van der Waals surface area contributed by atoms with Crippen molar-refractivity contribution in [2.75, 3.05) is 0 Å². The fourth-order valence-electron chi connectivity index (χ4n) is 10.1. The monoisotopic (exact) mass is 962 g/mol. The van der Waals surface area contributed by atoms with Gasteiger partial charge < -0.3 is 9.13 Å². The van der Waals surface area contributed by atoms with Gasteiger partial charge in [-0.05, 0) is 109 Å². The van der Waals surface area contributed by atoms with Gasteiger partial charge in [-0.3, -0.25) is 0 Å². The number of benzene rings is 2. The minimum absolute atomic E-state index is 0.174. The summed E-state index contributed by atoms with van der Waals surface area (Å²) in [5.41, 5.74) is 8.28. The van der Waals surface area contributed by atoms with Gasteiger partial charge in [0.1, 0.15) is 11.6 Å². The fraction of sp³-hybridized carbons (Fsp3) is 0.483. The molecule has 66 heavy (non-hydrogen) atoms. The summed E-state index contributed by atoms with van der Waals surface area (Å²) in [4.78, 5) is 7.09. The van der Waals surface area contributed by atoms with E-state index in [0.717, 1.165) is 107 Å². The quantitative estimate of drug-likeness (QED) is 0.0433. The Morgan fingerprint density at radius 1 is 0.424 bits per heavy atom. The van der Waals surface area contributed by atoms with Gasteiger partial charge in [0, 0.05) is 64.3 Å². The van der Waals surface area contributed by atoms with Gasteiger partial charge in [-0.15, -0.1) is 45.3 Å². The first-order chi connectivity index (χ1) is 32.4. The number of unbranched alkanes of at least 4 members (excludes halogenated alkanes) is 16. The summed E-state index contributed by atoms with van der Waals surface area (Å²) in [6, 6.07) is 21.2. The maximum Gasteiger partial charge on any atom is 0.132 e. The van der Waals surface area contributed by atoms with Crippen LogP contribution in [0.5, 0.6) is 0 Å². The lowest BCUT2D eigenvalue weighted by Crippen LogP contribution is -1.99. The maximum atomic E-state index is 17.2. The zero-order valence-corrected chi connectivity index (χ0v) is 43.4. The molecule has 0 aliphatic rings. The maximum absolute atomic E-state index is 17.2. The van der Waals surface area contributed by atoms with Crippen molar-refractivity contribution in [1.29, 1.82) is 0 Å². The predicted octanol–water partition coefficient (Wildman–Crippen LogP) is 20.9. The topological polar surface area (TPSA) is 9.86 Å². The largest absolute Gasteiger partial charge is 0.339 e. The molecule has 0 N–H and O–H groups in total. The molecule has 0 aliphatic carbocycles. The molecule has 0 saturated carbocycles. The molecule has 0 atom stereocenters. The summed E-state index contributed by atoms with van der Waals surface area (Å²) in [7, 11) is 0. The summed E-state index contributed by atoms with van der Waals surface area (Å²) < 4.78 is 39.3. The number of hydrogen-bond donors (Lipinski definition) is 0. The first-order valence-electron chi connectivity index (χ1n) is 25.8. The number of halogens is 2. The van der Waals surface area contributed by atoms with Gasteiger partial charge in [-0.1, -0.05) is 143 Å². The molecule has 8 rings (SSSR count). The van der Waals surface area contributed by atoms with Crippen LogP contribution in [0, 0.1) is 11.6 Å². The van der Waals surface area contributed by atoms with Crippen molar-refractivity contribution in [3.8, 4) is 40.4 Å². The number of rotatable bonds is 28. The van der Waals surface area contributed by atoms with Crippen LogP contribution in [0.4, 0.5) is 8.78 Å². The normalized spacial score (nSPS) is 12.0. The number of nitrogens with zero attached hydrogens (tertiary/aromatic N) is 2. The van der Waals surface area contributed by atoms with Crippen LogP contribution in [-0.4, -0.2) is 9.13 Å². The third kappa shape index (κ3) is 11.1. The van der Waals surface area contributed by atoms with Gasteiger partial charge in [-0.25, -0.2) is 8.78 Å². The molecule has 6 aromatic heterocycles. The number of hydrogen-bond acceptors (Lipinski definition) is 4. The highest BCUT2D eigenvalue weighted by atomic mass is 32.1. The van der Waals surface area contributed by atoms with Crippen molar-refractivity contribution < 1.29 is 8.78 Å². The summed E-state index contributed by atoms with van der Waals surface area (Å²) in [5, 5.41) is 6.19. The Morgan fingerprint density at radius 2 is 0.803 bits per heavy atom. The van der Waals surface area contributed by atoms with Crippen molar-refractivity contribution >= 4 is 78.2 Å². The third-order valence-electron chi connectivity index (χ3n) is 13.7. The second kappa shape index (κ2) is 24.1. The first-order valence-corrected chi connectivity index (χ1v) is 29.2. The highest BCUT2D eigenvalue weighted by Gasteiger charge is 2.26. The zero-order valence-electron chi connectivity index (χ0n) is 40.2. The molecule has 0 saturated heterocycles. The minimum Gasteiger partial charge on any atom is -0.339 e. The van der Waals surface area contributed by atoms with Gasteiger partial charge >= 0.3 is 0 Å². The van der Waals surface area contributed by atoms with Gasteiger partial charge in [0.25, 0.3) is 0 Å². The molecule has 0 aliphatic heterocycles. The van der Waals surface area contributed by atoms with Crippen LogP contribution in [0.2, 0.25) is 0 Å². The second-order valence-electron chi connectivity index (χ2n) is 18.7. The van der Waals surface area contributed by atoms with Crippen LogP contribution in [0.1, 0.15) is 167 Å². The van der Waals surface area contributed by atoms with Crippen LogP contribution in [0.15, 0.2) is 71.4 Å². The summed E-state index contributed by atoms with van der Waals surface area (Å²) in [6.07, 6.45) is 25.9. The Kier molecular flexibility index (Phi) is 17.9. The van der Waals surface area contributed by atoms with Crippen LogP contribution >= 0.6 is 45.3 Å². The molecular formula is C58H72F2N2S4. The molecule has 0 spiro atoms. The van der Waals surface area contributed by atoms with Crippen molar-refractivity contribution in [2.45, 2.75) is 182 Å². The number of aromatic nitrogens is 2. The SMILES string of the molecule is CCCCCCCCn1c2cc(-c3cc(CCCCCC)c(-c4cccs4)s3)c(F)cc2c2c1c1cc(F)c(-c3cc(CCCCCC)c(-c4cccs4)s3)cc1n2CCCCCCCC. The van der Waals surface area contributed by atoms with E-state index < -0.39 is 0 Å². The zero-order chi connectivity index (χ0) is 45.8. The molecule has 0 bridgehead atoms. The van der Waals surface area contributed by atoms with E-state index in [0.29, 0.717) is 11.1 Å². The standard InChI is InChI=1S/C58H72F2N2S4/c1-5-9-13-17-19-23-31-61-49-39-43(53-35-41(27-21-15-11-7-3)57(65-53)51-29-25-33-63-51)47(59)37-45(49)56-55(61)46-38-48(60)44(40-50(46)62(56)32-24-20-18-14-10-6-2)54-36-42(28-22-16-12-8-4)58(66-54)52-30-26-34-64-52/h25-26,29-30,33-40H,5-24,27-28,31-32H2,1-4H3. The van der Waals surface area contributed by atoms with Gasteiger partial charge in [0.15, 0.2) is 0 Å².